The van der Waals surface area contributed by atoms with Gasteiger partial charge in [-0.1, -0.05) is 43.3 Å². The van der Waals surface area contributed by atoms with Crippen molar-refractivity contribution in [2.24, 2.45) is 0 Å². The van der Waals surface area contributed by atoms with E-state index in [2.05, 4.69) is 5.32 Å². The number of carbonyl (C=O) groups excluding carboxylic acids is 1. The Balaban J connectivity index is 1.64. The number of nitrogens with zero attached hydrogens (tertiary/aromatic N) is 1. The number of para-hydroxylation sites is 1. The molecule has 30 heavy (non-hydrogen) atoms. The first-order valence-corrected chi connectivity index (χ1v) is 11.5. The molecule has 0 fully saturated rings. The number of amides is 1. The normalized spacial score (nSPS) is 15.7. The highest BCUT2D eigenvalue weighted by atomic mass is 32.2. The van der Waals surface area contributed by atoms with Crippen LogP contribution in [0.5, 0.6) is 0 Å². The second kappa shape index (κ2) is 7.95. The van der Waals surface area contributed by atoms with Crippen molar-refractivity contribution < 1.29 is 13.2 Å². The Labute approximate surface area is 177 Å². The van der Waals surface area contributed by atoms with Gasteiger partial charge in [-0.05, 0) is 67.3 Å². The number of hydrogen-bond donors (Lipinski definition) is 1. The summed E-state index contributed by atoms with van der Waals surface area (Å²) in [7, 11) is -3.66. The van der Waals surface area contributed by atoms with Crippen LogP contribution >= 0.6 is 0 Å². The zero-order valence-corrected chi connectivity index (χ0v) is 17.8. The molecule has 3 aromatic carbocycles. The molecule has 3 aromatic rings. The second-order valence-electron chi connectivity index (χ2n) is 7.48. The van der Waals surface area contributed by atoms with E-state index in [4.69, 9.17) is 0 Å². The number of rotatable bonds is 5. The van der Waals surface area contributed by atoms with Crippen LogP contribution in [0.1, 0.15) is 35.3 Å². The number of hydrogen-bond acceptors (Lipinski definition) is 3. The summed E-state index contributed by atoms with van der Waals surface area (Å²) in [6.45, 7) is 3.93. The maximum atomic E-state index is 13.2. The lowest BCUT2D eigenvalue weighted by atomic mass is 10.1. The van der Waals surface area contributed by atoms with Crippen LogP contribution in [0.2, 0.25) is 0 Å². The summed E-state index contributed by atoms with van der Waals surface area (Å²) in [5.41, 5.74) is 3.88. The van der Waals surface area contributed by atoms with Crippen molar-refractivity contribution in [2.75, 3.05) is 9.62 Å². The fourth-order valence-electron chi connectivity index (χ4n) is 3.96. The highest BCUT2D eigenvalue weighted by Crippen LogP contribution is 2.37. The van der Waals surface area contributed by atoms with Crippen LogP contribution in [0.15, 0.2) is 77.7 Å². The minimum atomic E-state index is -3.66. The first-order valence-electron chi connectivity index (χ1n) is 10.0. The number of carbonyl (C=O) groups is 1. The Morgan fingerprint density at radius 1 is 1.03 bits per heavy atom. The molecule has 1 amide bonds. The SMILES string of the molecule is CCc1ccccc1NC(=O)c1ccc2c(c1)C[C@@H](C)N2S(=O)(=O)c1ccccc1. The summed E-state index contributed by atoms with van der Waals surface area (Å²) in [5.74, 6) is -0.198. The van der Waals surface area contributed by atoms with Crippen molar-refractivity contribution in [3.8, 4) is 0 Å². The van der Waals surface area contributed by atoms with Crippen molar-refractivity contribution in [2.45, 2.75) is 37.6 Å². The van der Waals surface area contributed by atoms with Crippen molar-refractivity contribution in [1.82, 2.24) is 0 Å². The molecule has 0 aromatic heterocycles. The monoisotopic (exact) mass is 420 g/mol. The molecule has 0 saturated carbocycles. The fraction of sp³-hybridized carbons (Fsp3) is 0.208. The number of benzene rings is 3. The van der Waals surface area contributed by atoms with Crippen LogP contribution in [0.25, 0.3) is 0 Å². The lowest BCUT2D eigenvalue weighted by Gasteiger charge is -2.24. The van der Waals surface area contributed by atoms with Gasteiger partial charge in [0, 0.05) is 17.3 Å². The average Bonchev–Trinajstić information content (AvgIpc) is 3.10. The van der Waals surface area contributed by atoms with Crippen molar-refractivity contribution in [1.29, 1.82) is 0 Å². The molecule has 0 radical (unpaired) electrons. The zero-order valence-electron chi connectivity index (χ0n) is 17.0. The molecule has 1 aliphatic rings. The van der Waals surface area contributed by atoms with Gasteiger partial charge in [-0.25, -0.2) is 8.42 Å². The van der Waals surface area contributed by atoms with Crippen LogP contribution in [-0.4, -0.2) is 20.4 Å². The summed E-state index contributed by atoms with van der Waals surface area (Å²) in [4.78, 5) is 13.1. The number of nitrogens with one attached hydrogen (secondary N) is 1. The Kier molecular flexibility index (Phi) is 5.35. The number of anilines is 2. The number of aryl methyl sites for hydroxylation is 1. The minimum absolute atomic E-state index is 0.198. The average molecular weight is 421 g/mol. The molecule has 1 heterocycles. The quantitative estimate of drug-likeness (QED) is 0.654. The van der Waals surface area contributed by atoms with E-state index in [1.54, 1.807) is 48.5 Å². The van der Waals surface area contributed by atoms with Gasteiger partial charge < -0.3 is 5.32 Å². The molecule has 0 bridgehead atoms. The molecule has 0 unspecified atom stereocenters. The molecule has 0 saturated heterocycles. The van der Waals surface area contributed by atoms with Gasteiger partial charge in [0.1, 0.15) is 0 Å². The molecule has 1 aliphatic heterocycles. The molecule has 6 heteroatoms. The van der Waals surface area contributed by atoms with E-state index in [0.717, 1.165) is 23.2 Å². The Morgan fingerprint density at radius 3 is 2.47 bits per heavy atom. The molecule has 0 aliphatic carbocycles. The Morgan fingerprint density at radius 2 is 1.73 bits per heavy atom. The summed E-state index contributed by atoms with van der Waals surface area (Å²) < 4.78 is 27.8. The predicted octanol–water partition coefficient (Wildman–Crippen LogP) is 4.64. The third-order valence-corrected chi connectivity index (χ3v) is 7.38. The van der Waals surface area contributed by atoms with Crippen molar-refractivity contribution in [3.63, 3.8) is 0 Å². The van der Waals surface area contributed by atoms with Crippen LogP contribution in [0.3, 0.4) is 0 Å². The third kappa shape index (κ3) is 3.59. The minimum Gasteiger partial charge on any atom is -0.322 e. The van der Waals surface area contributed by atoms with Gasteiger partial charge in [0.2, 0.25) is 0 Å². The van der Waals surface area contributed by atoms with Gasteiger partial charge in [-0.3, -0.25) is 9.10 Å². The van der Waals surface area contributed by atoms with E-state index < -0.39 is 10.0 Å². The first kappa shape index (κ1) is 20.2. The van der Waals surface area contributed by atoms with Crippen molar-refractivity contribution in [3.05, 3.63) is 89.5 Å². The molecular formula is C24H24N2O3S. The van der Waals surface area contributed by atoms with Gasteiger partial charge in [0.05, 0.1) is 10.6 Å². The smallest absolute Gasteiger partial charge is 0.264 e. The highest BCUT2D eigenvalue weighted by Gasteiger charge is 2.36. The molecule has 5 nitrogen and oxygen atoms in total. The van der Waals surface area contributed by atoms with Crippen LogP contribution in [-0.2, 0) is 22.9 Å². The van der Waals surface area contributed by atoms with E-state index in [1.165, 1.54) is 4.31 Å². The highest BCUT2D eigenvalue weighted by molar-refractivity contribution is 7.92. The topological polar surface area (TPSA) is 66.5 Å². The summed E-state index contributed by atoms with van der Waals surface area (Å²) in [5, 5.41) is 2.98. The summed E-state index contributed by atoms with van der Waals surface area (Å²) in [6, 6.07) is 21.2. The molecule has 0 spiro atoms. The third-order valence-electron chi connectivity index (χ3n) is 5.44. The Hall–Kier alpha value is -3.12. The van der Waals surface area contributed by atoms with E-state index in [9.17, 15) is 13.2 Å². The lowest BCUT2D eigenvalue weighted by Crippen LogP contribution is -2.35. The van der Waals surface area contributed by atoms with Gasteiger partial charge in [-0.2, -0.15) is 0 Å². The lowest BCUT2D eigenvalue weighted by molar-refractivity contribution is 0.102. The zero-order chi connectivity index (χ0) is 21.3. The maximum Gasteiger partial charge on any atom is 0.264 e. The number of sulfonamides is 1. The van der Waals surface area contributed by atoms with Crippen LogP contribution in [0, 0.1) is 0 Å². The summed E-state index contributed by atoms with van der Waals surface area (Å²) >= 11 is 0. The molecule has 1 N–H and O–H groups in total. The van der Waals surface area contributed by atoms with E-state index >= 15 is 0 Å². The maximum absolute atomic E-state index is 13.2. The Bertz CT molecular complexity index is 1190. The molecule has 4 rings (SSSR count). The van der Waals surface area contributed by atoms with Crippen LogP contribution in [0.4, 0.5) is 11.4 Å². The van der Waals surface area contributed by atoms with Crippen LogP contribution < -0.4 is 9.62 Å². The second-order valence-corrected chi connectivity index (χ2v) is 9.29. The largest absolute Gasteiger partial charge is 0.322 e. The first-order chi connectivity index (χ1) is 14.4. The molecule has 154 valence electrons. The van der Waals surface area contributed by atoms with Gasteiger partial charge in [0.15, 0.2) is 0 Å². The van der Waals surface area contributed by atoms with Gasteiger partial charge in [0.25, 0.3) is 15.9 Å². The van der Waals surface area contributed by atoms with E-state index in [0.29, 0.717) is 17.7 Å². The van der Waals surface area contributed by atoms with E-state index in [1.807, 2.05) is 38.1 Å². The fourth-order valence-corrected chi connectivity index (χ4v) is 5.67. The standard InChI is InChI=1S/C24H24N2O3S/c1-3-18-9-7-8-12-22(18)25-24(27)19-13-14-23-20(16-19)15-17(2)26(23)30(28,29)21-10-5-4-6-11-21/h4-14,16-17H,3,15H2,1-2H3,(H,25,27)/t17-/m1/s1. The van der Waals surface area contributed by atoms with Gasteiger partial charge >= 0.3 is 0 Å². The molecular weight excluding hydrogens is 396 g/mol. The molecule has 1 atom stereocenters. The van der Waals surface area contributed by atoms with Gasteiger partial charge in [-0.15, -0.1) is 0 Å². The summed E-state index contributed by atoms with van der Waals surface area (Å²) in [6.07, 6.45) is 1.39. The van der Waals surface area contributed by atoms with Crippen molar-refractivity contribution >= 4 is 27.3 Å². The van der Waals surface area contributed by atoms with E-state index in [-0.39, 0.29) is 16.8 Å². The number of fused-ring (bicyclic) bond motifs is 1. The predicted molar refractivity (Wildman–Crippen MR) is 119 cm³/mol.